The van der Waals surface area contributed by atoms with Crippen molar-refractivity contribution < 1.29 is 14.7 Å². The fourth-order valence-corrected chi connectivity index (χ4v) is 2.09. The Morgan fingerprint density at radius 3 is 2.33 bits per heavy atom. The minimum atomic E-state index is -0.865. The number of unbranched alkanes of at least 4 members (excludes halogenated alkanes) is 1. The first kappa shape index (κ1) is 12.0. The van der Waals surface area contributed by atoms with Crippen LogP contribution >= 0.6 is 0 Å². The molecule has 2 N–H and O–H groups in total. The van der Waals surface area contributed by atoms with E-state index in [2.05, 4.69) is 5.32 Å². The van der Waals surface area contributed by atoms with Crippen molar-refractivity contribution in [3.8, 4) is 0 Å². The van der Waals surface area contributed by atoms with Crippen LogP contribution in [0.5, 0.6) is 0 Å². The van der Waals surface area contributed by atoms with Crippen LogP contribution in [0.3, 0.4) is 0 Å². The third-order valence-corrected chi connectivity index (χ3v) is 3.21. The van der Waals surface area contributed by atoms with Crippen molar-refractivity contribution in [3.05, 3.63) is 0 Å². The van der Waals surface area contributed by atoms with Crippen LogP contribution in [0.25, 0.3) is 0 Å². The SMILES string of the molecule is CCCCNC(=O)[C@H]1[C@@H](C(=O)O)C1(C)C. The molecule has 0 unspecified atom stereocenters. The predicted octanol–water partition coefficient (Wildman–Crippen LogP) is 1.26. The number of hydrogen-bond donors (Lipinski definition) is 2. The summed E-state index contributed by atoms with van der Waals surface area (Å²) >= 11 is 0. The van der Waals surface area contributed by atoms with Gasteiger partial charge < -0.3 is 10.4 Å². The molecular weight excluding hydrogens is 194 g/mol. The number of carbonyl (C=O) groups excluding carboxylic acids is 1. The van der Waals surface area contributed by atoms with E-state index in [4.69, 9.17) is 5.11 Å². The molecule has 0 spiro atoms. The van der Waals surface area contributed by atoms with Gasteiger partial charge in [-0.15, -0.1) is 0 Å². The minimum Gasteiger partial charge on any atom is -0.481 e. The lowest BCUT2D eigenvalue weighted by molar-refractivity contribution is -0.140. The zero-order chi connectivity index (χ0) is 11.6. The molecule has 1 amide bonds. The summed E-state index contributed by atoms with van der Waals surface area (Å²) in [5, 5.41) is 11.7. The van der Waals surface area contributed by atoms with Crippen molar-refractivity contribution in [3.63, 3.8) is 0 Å². The lowest BCUT2D eigenvalue weighted by Crippen LogP contribution is -2.28. The second-order valence-corrected chi connectivity index (χ2v) is 4.76. The number of carboxylic acid groups (broad SMARTS) is 1. The summed E-state index contributed by atoms with van der Waals surface area (Å²) in [7, 11) is 0. The molecule has 2 atom stereocenters. The summed E-state index contributed by atoms with van der Waals surface area (Å²) in [6.07, 6.45) is 1.97. The van der Waals surface area contributed by atoms with Crippen LogP contribution in [0.1, 0.15) is 33.6 Å². The molecule has 4 nitrogen and oxygen atoms in total. The van der Waals surface area contributed by atoms with Crippen LogP contribution in [0.4, 0.5) is 0 Å². The van der Waals surface area contributed by atoms with E-state index >= 15 is 0 Å². The van der Waals surface area contributed by atoms with Gasteiger partial charge in [-0.3, -0.25) is 9.59 Å². The van der Waals surface area contributed by atoms with Crippen LogP contribution in [0.15, 0.2) is 0 Å². The molecule has 1 aliphatic carbocycles. The Bertz CT molecular complexity index is 273. The van der Waals surface area contributed by atoms with Gasteiger partial charge in [0.2, 0.25) is 5.91 Å². The van der Waals surface area contributed by atoms with Crippen molar-refractivity contribution in [1.82, 2.24) is 5.32 Å². The second kappa shape index (κ2) is 4.21. The average molecular weight is 213 g/mol. The monoisotopic (exact) mass is 213 g/mol. The number of carbonyl (C=O) groups is 2. The molecule has 0 radical (unpaired) electrons. The van der Waals surface area contributed by atoms with E-state index in [0.29, 0.717) is 6.54 Å². The van der Waals surface area contributed by atoms with Gasteiger partial charge in [-0.25, -0.2) is 0 Å². The highest BCUT2D eigenvalue weighted by molar-refractivity contribution is 5.91. The molecule has 0 saturated heterocycles. The van der Waals surface area contributed by atoms with Gasteiger partial charge in [0.25, 0.3) is 0 Å². The fraction of sp³-hybridized carbons (Fsp3) is 0.818. The number of aliphatic carboxylic acids is 1. The van der Waals surface area contributed by atoms with Gasteiger partial charge in [0.15, 0.2) is 0 Å². The third kappa shape index (κ3) is 2.30. The largest absolute Gasteiger partial charge is 0.481 e. The van der Waals surface area contributed by atoms with Gasteiger partial charge in [-0.2, -0.15) is 0 Å². The molecule has 1 fully saturated rings. The van der Waals surface area contributed by atoms with Crippen LogP contribution < -0.4 is 5.32 Å². The van der Waals surface area contributed by atoms with Gasteiger partial charge in [0, 0.05) is 6.54 Å². The minimum absolute atomic E-state index is 0.110. The van der Waals surface area contributed by atoms with Crippen LogP contribution in [0, 0.1) is 17.3 Å². The second-order valence-electron chi connectivity index (χ2n) is 4.76. The maximum absolute atomic E-state index is 11.6. The number of amides is 1. The smallest absolute Gasteiger partial charge is 0.307 e. The summed E-state index contributed by atoms with van der Waals surface area (Å²) < 4.78 is 0. The fourth-order valence-electron chi connectivity index (χ4n) is 2.09. The molecule has 0 bridgehead atoms. The van der Waals surface area contributed by atoms with Crippen LogP contribution in [-0.2, 0) is 9.59 Å². The van der Waals surface area contributed by atoms with Crippen molar-refractivity contribution in [2.24, 2.45) is 17.3 Å². The average Bonchev–Trinajstić information content (AvgIpc) is 2.69. The summed E-state index contributed by atoms with van der Waals surface area (Å²) in [6.45, 7) is 6.35. The zero-order valence-electron chi connectivity index (χ0n) is 9.54. The Kier molecular flexibility index (Phi) is 3.37. The van der Waals surface area contributed by atoms with Crippen molar-refractivity contribution in [2.75, 3.05) is 6.54 Å². The Morgan fingerprint density at radius 2 is 1.93 bits per heavy atom. The maximum atomic E-state index is 11.6. The molecule has 86 valence electrons. The van der Waals surface area contributed by atoms with E-state index in [-0.39, 0.29) is 17.2 Å². The lowest BCUT2D eigenvalue weighted by Gasteiger charge is -2.04. The standard InChI is InChI=1S/C11H19NO3/c1-4-5-6-12-9(13)7-8(10(14)15)11(7,2)3/h7-8H,4-6H2,1-3H3,(H,12,13)(H,14,15)/t7-,8+/m1/s1. The Labute approximate surface area is 90.0 Å². The molecule has 0 aromatic rings. The molecule has 15 heavy (non-hydrogen) atoms. The highest BCUT2D eigenvalue weighted by Gasteiger charge is 2.65. The van der Waals surface area contributed by atoms with Gasteiger partial charge in [-0.05, 0) is 11.8 Å². The number of rotatable bonds is 5. The third-order valence-electron chi connectivity index (χ3n) is 3.21. The highest BCUT2D eigenvalue weighted by Crippen LogP contribution is 2.58. The van der Waals surface area contributed by atoms with Gasteiger partial charge >= 0.3 is 5.97 Å². The Morgan fingerprint density at radius 1 is 1.33 bits per heavy atom. The van der Waals surface area contributed by atoms with E-state index in [9.17, 15) is 9.59 Å². The van der Waals surface area contributed by atoms with Gasteiger partial charge in [0.1, 0.15) is 0 Å². The van der Waals surface area contributed by atoms with E-state index in [0.717, 1.165) is 12.8 Å². The molecule has 0 aliphatic heterocycles. The van der Waals surface area contributed by atoms with Crippen molar-refractivity contribution >= 4 is 11.9 Å². The highest BCUT2D eigenvalue weighted by atomic mass is 16.4. The van der Waals surface area contributed by atoms with E-state index in [1.807, 2.05) is 20.8 Å². The summed E-state index contributed by atoms with van der Waals surface area (Å²) in [5.74, 6) is -1.84. The Hall–Kier alpha value is -1.06. The molecule has 1 saturated carbocycles. The molecule has 0 aromatic heterocycles. The maximum Gasteiger partial charge on any atom is 0.307 e. The quantitative estimate of drug-likeness (QED) is 0.676. The summed E-state index contributed by atoms with van der Waals surface area (Å²) in [6, 6.07) is 0. The molecule has 4 heteroatoms. The first-order chi connectivity index (χ1) is 6.92. The van der Waals surface area contributed by atoms with Crippen LogP contribution in [0.2, 0.25) is 0 Å². The zero-order valence-corrected chi connectivity index (χ0v) is 9.54. The number of nitrogens with one attached hydrogen (secondary N) is 1. The molecular formula is C11H19NO3. The number of hydrogen-bond acceptors (Lipinski definition) is 2. The first-order valence-electron chi connectivity index (χ1n) is 5.43. The molecule has 1 aliphatic rings. The van der Waals surface area contributed by atoms with Crippen LogP contribution in [-0.4, -0.2) is 23.5 Å². The van der Waals surface area contributed by atoms with E-state index in [1.54, 1.807) is 0 Å². The van der Waals surface area contributed by atoms with E-state index in [1.165, 1.54) is 0 Å². The predicted molar refractivity (Wildman–Crippen MR) is 56.3 cm³/mol. The van der Waals surface area contributed by atoms with Gasteiger partial charge in [-0.1, -0.05) is 27.2 Å². The van der Waals surface area contributed by atoms with Crippen molar-refractivity contribution in [2.45, 2.75) is 33.6 Å². The normalized spacial score (nSPS) is 27.1. The lowest BCUT2D eigenvalue weighted by atomic mass is 10.1. The van der Waals surface area contributed by atoms with Crippen molar-refractivity contribution in [1.29, 1.82) is 0 Å². The molecule has 0 heterocycles. The number of carboxylic acids is 1. The summed E-state index contributed by atoms with van der Waals surface area (Å²) in [5.41, 5.74) is -0.387. The molecule has 0 aromatic carbocycles. The van der Waals surface area contributed by atoms with Gasteiger partial charge in [0.05, 0.1) is 11.8 Å². The molecule has 1 rings (SSSR count). The first-order valence-corrected chi connectivity index (χ1v) is 5.43. The topological polar surface area (TPSA) is 66.4 Å². The summed E-state index contributed by atoms with van der Waals surface area (Å²) in [4.78, 5) is 22.5. The van der Waals surface area contributed by atoms with E-state index < -0.39 is 11.9 Å². The Balaban J connectivity index is 2.45.